The topological polar surface area (TPSA) is 29.9 Å². The second-order valence-electron chi connectivity index (χ2n) is 3.76. The smallest absolute Gasteiger partial charge is 0.142 e. The highest BCUT2D eigenvalue weighted by Gasteiger charge is 2.05. The standard InChI is InChI=1S/C12H13ClFN3/c1-17-10(5-6-16-17)8-15-7-9-3-2-4-11(14)12(9)13/h2-6,15H,7-8H2,1H3. The third kappa shape index (κ3) is 2.84. The van der Waals surface area contributed by atoms with Gasteiger partial charge in [-0.15, -0.1) is 0 Å². The van der Waals surface area contributed by atoms with E-state index in [9.17, 15) is 4.39 Å². The lowest BCUT2D eigenvalue weighted by atomic mass is 10.2. The van der Waals surface area contributed by atoms with Crippen LogP contribution in [0.5, 0.6) is 0 Å². The van der Waals surface area contributed by atoms with Crippen LogP contribution in [0.25, 0.3) is 0 Å². The van der Waals surface area contributed by atoms with Gasteiger partial charge in [-0.05, 0) is 17.7 Å². The second kappa shape index (κ2) is 5.29. The van der Waals surface area contributed by atoms with Crippen molar-refractivity contribution >= 4 is 11.6 Å². The minimum atomic E-state index is -0.383. The van der Waals surface area contributed by atoms with E-state index in [1.807, 2.05) is 19.2 Å². The van der Waals surface area contributed by atoms with Gasteiger partial charge in [0.05, 0.1) is 10.7 Å². The van der Waals surface area contributed by atoms with E-state index in [4.69, 9.17) is 11.6 Å². The molecule has 0 radical (unpaired) electrons. The van der Waals surface area contributed by atoms with Gasteiger partial charge in [0.25, 0.3) is 0 Å². The molecule has 1 N–H and O–H groups in total. The van der Waals surface area contributed by atoms with Crippen LogP contribution < -0.4 is 5.32 Å². The SMILES string of the molecule is Cn1nccc1CNCc1cccc(F)c1Cl. The van der Waals surface area contributed by atoms with Gasteiger partial charge in [-0.2, -0.15) is 5.10 Å². The Kier molecular flexibility index (Phi) is 3.76. The van der Waals surface area contributed by atoms with Crippen LogP contribution in [0.15, 0.2) is 30.5 Å². The van der Waals surface area contributed by atoms with Crippen molar-refractivity contribution in [3.8, 4) is 0 Å². The summed E-state index contributed by atoms with van der Waals surface area (Å²) in [5.41, 5.74) is 1.83. The van der Waals surface area contributed by atoms with Crippen molar-refractivity contribution < 1.29 is 4.39 Å². The Bertz CT molecular complexity index is 510. The van der Waals surface area contributed by atoms with Gasteiger partial charge < -0.3 is 5.32 Å². The van der Waals surface area contributed by atoms with Crippen LogP contribution >= 0.6 is 11.6 Å². The maximum absolute atomic E-state index is 13.2. The number of hydrogen-bond donors (Lipinski definition) is 1. The van der Waals surface area contributed by atoms with Gasteiger partial charge in [0, 0.05) is 26.3 Å². The predicted molar refractivity (Wildman–Crippen MR) is 65.2 cm³/mol. The van der Waals surface area contributed by atoms with Crippen molar-refractivity contribution in [1.82, 2.24) is 15.1 Å². The van der Waals surface area contributed by atoms with Crippen molar-refractivity contribution in [2.24, 2.45) is 7.05 Å². The van der Waals surface area contributed by atoms with E-state index >= 15 is 0 Å². The Labute approximate surface area is 104 Å². The molecular weight excluding hydrogens is 241 g/mol. The molecule has 0 spiro atoms. The Morgan fingerprint density at radius 2 is 2.18 bits per heavy atom. The van der Waals surface area contributed by atoms with Crippen LogP contribution in [0.2, 0.25) is 5.02 Å². The van der Waals surface area contributed by atoms with Crippen molar-refractivity contribution in [2.75, 3.05) is 0 Å². The summed E-state index contributed by atoms with van der Waals surface area (Å²) in [4.78, 5) is 0. The van der Waals surface area contributed by atoms with E-state index in [1.165, 1.54) is 6.07 Å². The molecule has 2 aromatic rings. The summed E-state index contributed by atoms with van der Waals surface area (Å²) in [6.07, 6.45) is 1.74. The van der Waals surface area contributed by atoms with E-state index in [2.05, 4.69) is 10.4 Å². The molecule has 90 valence electrons. The van der Waals surface area contributed by atoms with Gasteiger partial charge in [-0.25, -0.2) is 4.39 Å². The fourth-order valence-electron chi connectivity index (χ4n) is 1.58. The van der Waals surface area contributed by atoms with Crippen LogP contribution in [0.1, 0.15) is 11.3 Å². The van der Waals surface area contributed by atoms with Crippen molar-refractivity contribution in [1.29, 1.82) is 0 Å². The zero-order valence-electron chi connectivity index (χ0n) is 9.45. The number of halogens is 2. The molecule has 17 heavy (non-hydrogen) atoms. The lowest BCUT2D eigenvalue weighted by Gasteiger charge is -2.07. The number of hydrogen-bond acceptors (Lipinski definition) is 2. The highest BCUT2D eigenvalue weighted by Crippen LogP contribution is 2.19. The van der Waals surface area contributed by atoms with Gasteiger partial charge >= 0.3 is 0 Å². The Balaban J connectivity index is 1.95. The van der Waals surface area contributed by atoms with Crippen LogP contribution in [0.4, 0.5) is 4.39 Å². The molecule has 0 saturated carbocycles. The average Bonchev–Trinajstić information content (AvgIpc) is 2.71. The molecule has 1 aromatic heterocycles. The number of benzene rings is 1. The molecule has 0 fully saturated rings. The summed E-state index contributed by atoms with van der Waals surface area (Å²) in [5.74, 6) is -0.383. The van der Waals surface area contributed by atoms with Crippen LogP contribution in [0, 0.1) is 5.82 Å². The number of nitrogens with zero attached hydrogens (tertiary/aromatic N) is 2. The van der Waals surface area contributed by atoms with Crippen LogP contribution in [-0.2, 0) is 20.1 Å². The number of aryl methyl sites for hydroxylation is 1. The molecule has 0 aliphatic rings. The van der Waals surface area contributed by atoms with Gasteiger partial charge in [0.15, 0.2) is 0 Å². The minimum Gasteiger partial charge on any atom is -0.307 e. The highest BCUT2D eigenvalue weighted by molar-refractivity contribution is 6.31. The predicted octanol–water partition coefficient (Wildman–Crippen LogP) is 2.50. The summed E-state index contributed by atoms with van der Waals surface area (Å²) in [5, 5.41) is 7.45. The number of aromatic nitrogens is 2. The maximum Gasteiger partial charge on any atom is 0.142 e. The first-order valence-corrected chi connectivity index (χ1v) is 5.67. The summed E-state index contributed by atoms with van der Waals surface area (Å²) >= 11 is 5.85. The van der Waals surface area contributed by atoms with Gasteiger partial charge in [-0.3, -0.25) is 4.68 Å². The normalized spacial score (nSPS) is 10.8. The van der Waals surface area contributed by atoms with Crippen LogP contribution in [0.3, 0.4) is 0 Å². The molecular formula is C12H13ClFN3. The lowest BCUT2D eigenvalue weighted by molar-refractivity contribution is 0.610. The number of rotatable bonds is 4. The van der Waals surface area contributed by atoms with Crippen molar-refractivity contribution in [2.45, 2.75) is 13.1 Å². The zero-order valence-corrected chi connectivity index (χ0v) is 10.2. The average molecular weight is 254 g/mol. The third-order valence-electron chi connectivity index (χ3n) is 2.58. The summed E-state index contributed by atoms with van der Waals surface area (Å²) < 4.78 is 15.0. The molecule has 5 heteroatoms. The third-order valence-corrected chi connectivity index (χ3v) is 3.00. The molecule has 1 heterocycles. The second-order valence-corrected chi connectivity index (χ2v) is 4.14. The Morgan fingerprint density at radius 1 is 1.35 bits per heavy atom. The molecule has 0 aliphatic heterocycles. The summed E-state index contributed by atoms with van der Waals surface area (Å²) in [6, 6.07) is 6.75. The molecule has 0 aliphatic carbocycles. The van der Waals surface area contributed by atoms with Crippen molar-refractivity contribution in [3.63, 3.8) is 0 Å². The minimum absolute atomic E-state index is 0.185. The number of nitrogens with one attached hydrogen (secondary N) is 1. The van der Waals surface area contributed by atoms with E-state index in [0.29, 0.717) is 13.1 Å². The lowest BCUT2D eigenvalue weighted by Crippen LogP contribution is -2.15. The Hall–Kier alpha value is -1.39. The van der Waals surface area contributed by atoms with E-state index < -0.39 is 0 Å². The van der Waals surface area contributed by atoms with Crippen LogP contribution in [-0.4, -0.2) is 9.78 Å². The van der Waals surface area contributed by atoms with Crippen molar-refractivity contribution in [3.05, 3.63) is 52.6 Å². The first kappa shape index (κ1) is 12.1. The first-order valence-electron chi connectivity index (χ1n) is 5.29. The fourth-order valence-corrected chi connectivity index (χ4v) is 1.78. The summed E-state index contributed by atoms with van der Waals surface area (Å²) in [7, 11) is 1.88. The zero-order chi connectivity index (χ0) is 12.3. The van der Waals surface area contributed by atoms with Gasteiger partial charge in [-0.1, -0.05) is 23.7 Å². The monoisotopic (exact) mass is 253 g/mol. The van der Waals surface area contributed by atoms with Gasteiger partial charge in [0.2, 0.25) is 0 Å². The molecule has 0 saturated heterocycles. The summed E-state index contributed by atoms with van der Waals surface area (Å²) in [6.45, 7) is 1.20. The maximum atomic E-state index is 13.2. The molecule has 1 aromatic carbocycles. The molecule has 3 nitrogen and oxygen atoms in total. The van der Waals surface area contributed by atoms with E-state index in [0.717, 1.165) is 11.3 Å². The van der Waals surface area contributed by atoms with E-state index in [1.54, 1.807) is 16.9 Å². The first-order chi connectivity index (χ1) is 8.18. The Morgan fingerprint density at radius 3 is 2.88 bits per heavy atom. The molecule has 0 amide bonds. The highest BCUT2D eigenvalue weighted by atomic mass is 35.5. The molecule has 0 unspecified atom stereocenters. The van der Waals surface area contributed by atoms with Gasteiger partial charge in [0.1, 0.15) is 5.82 Å². The molecule has 2 rings (SSSR count). The van der Waals surface area contributed by atoms with E-state index in [-0.39, 0.29) is 10.8 Å². The fraction of sp³-hybridized carbons (Fsp3) is 0.250. The molecule has 0 atom stereocenters. The quantitative estimate of drug-likeness (QED) is 0.907. The molecule has 0 bridgehead atoms. The largest absolute Gasteiger partial charge is 0.307 e.